The molecule has 6 nitrogen and oxygen atoms in total. The highest BCUT2D eigenvalue weighted by atomic mass is 16.5. The number of esters is 1. The summed E-state index contributed by atoms with van der Waals surface area (Å²) < 4.78 is 16.9. The third-order valence-electron chi connectivity index (χ3n) is 6.67. The lowest BCUT2D eigenvalue weighted by Gasteiger charge is -2.28. The van der Waals surface area contributed by atoms with Gasteiger partial charge in [-0.2, -0.15) is 0 Å². The summed E-state index contributed by atoms with van der Waals surface area (Å²) in [5, 5.41) is 16.6. The molecule has 1 unspecified atom stereocenters. The van der Waals surface area contributed by atoms with E-state index >= 15 is 0 Å². The lowest BCUT2D eigenvalue weighted by Crippen LogP contribution is -2.46. The summed E-state index contributed by atoms with van der Waals surface area (Å²) >= 11 is 0. The van der Waals surface area contributed by atoms with Gasteiger partial charge in [-0.3, -0.25) is 0 Å². The molecular weight excluding hydrogens is 490 g/mol. The first-order valence-corrected chi connectivity index (χ1v) is 13.2. The molecule has 4 rings (SSSR count). The fourth-order valence-corrected chi connectivity index (χ4v) is 4.53. The maximum atomic E-state index is 11.7. The van der Waals surface area contributed by atoms with E-state index in [1.54, 1.807) is 24.3 Å². The average Bonchev–Trinajstić information content (AvgIpc) is 2.95. The minimum atomic E-state index is -0.665. The molecule has 0 bridgehead atoms. The van der Waals surface area contributed by atoms with Gasteiger partial charge in [-0.15, -0.1) is 0 Å². The van der Waals surface area contributed by atoms with Crippen molar-refractivity contribution in [3.63, 3.8) is 0 Å². The summed E-state index contributed by atoms with van der Waals surface area (Å²) in [5.74, 6) is 0.856. The first-order chi connectivity index (χ1) is 18.7. The zero-order chi connectivity index (χ0) is 27.8. The second-order valence-corrected chi connectivity index (χ2v) is 10.4. The second kappa shape index (κ2) is 12.9. The average molecular weight is 528 g/mol. The predicted octanol–water partition coefficient (Wildman–Crippen LogP) is 6.47. The standard InChI is InChI=1S/C33H37NO5/c1-23(30-11-7-8-12-31(30)39-29-17-15-26(16-18-29)32(36)37-4)38-22-28(35)21-34-33(2,3)20-24-13-14-25-9-5-6-10-27(25)19-24/h5-19,23,28,34-35H,20-22H2,1-4H3/t23?,28-/m1/s1. The van der Waals surface area contributed by atoms with Crippen LogP contribution in [-0.4, -0.2) is 43.0 Å². The number of ether oxygens (including phenoxy) is 3. The van der Waals surface area contributed by atoms with Crippen molar-refractivity contribution in [3.05, 3.63) is 108 Å². The Morgan fingerprint density at radius 1 is 0.923 bits per heavy atom. The molecule has 0 heterocycles. The van der Waals surface area contributed by atoms with Gasteiger partial charge in [0.1, 0.15) is 11.5 Å². The Kier molecular flexibility index (Phi) is 9.36. The van der Waals surface area contributed by atoms with Gasteiger partial charge in [0, 0.05) is 17.6 Å². The Bertz CT molecular complexity index is 1380. The molecule has 0 aliphatic rings. The van der Waals surface area contributed by atoms with Gasteiger partial charge in [-0.1, -0.05) is 60.7 Å². The molecule has 0 radical (unpaired) electrons. The maximum absolute atomic E-state index is 11.7. The van der Waals surface area contributed by atoms with Crippen LogP contribution < -0.4 is 10.1 Å². The van der Waals surface area contributed by atoms with Gasteiger partial charge in [-0.25, -0.2) is 4.79 Å². The molecular formula is C33H37NO5. The van der Waals surface area contributed by atoms with Crippen LogP contribution >= 0.6 is 0 Å². The molecule has 0 spiro atoms. The van der Waals surface area contributed by atoms with E-state index in [4.69, 9.17) is 14.2 Å². The number of benzene rings is 4. The molecule has 0 saturated carbocycles. The van der Waals surface area contributed by atoms with E-state index in [-0.39, 0.29) is 18.2 Å². The molecule has 0 saturated heterocycles. The Hall–Kier alpha value is -3.71. The number of fused-ring (bicyclic) bond motifs is 1. The zero-order valence-electron chi connectivity index (χ0n) is 23.0. The maximum Gasteiger partial charge on any atom is 0.337 e. The molecule has 0 aromatic heterocycles. The van der Waals surface area contributed by atoms with Gasteiger partial charge < -0.3 is 24.6 Å². The van der Waals surface area contributed by atoms with Crippen molar-refractivity contribution in [2.24, 2.45) is 0 Å². The van der Waals surface area contributed by atoms with Crippen LogP contribution in [0, 0.1) is 0 Å². The number of carbonyl (C=O) groups excluding carboxylic acids is 1. The number of β-amino-alcohol motifs (C(OH)–C–C–N with tert-alkyl or cyclic N) is 1. The smallest absolute Gasteiger partial charge is 0.337 e. The van der Waals surface area contributed by atoms with Crippen LogP contribution in [-0.2, 0) is 15.9 Å². The van der Waals surface area contributed by atoms with Crippen LogP contribution in [0.15, 0.2) is 91.0 Å². The first-order valence-electron chi connectivity index (χ1n) is 13.2. The van der Waals surface area contributed by atoms with E-state index in [9.17, 15) is 9.90 Å². The number of carbonyl (C=O) groups is 1. The minimum absolute atomic E-state index is 0.183. The van der Waals surface area contributed by atoms with E-state index in [0.717, 1.165) is 12.0 Å². The molecule has 4 aromatic rings. The third kappa shape index (κ3) is 7.90. The van der Waals surface area contributed by atoms with Gasteiger partial charge in [-0.05, 0) is 73.9 Å². The number of para-hydroxylation sites is 1. The minimum Gasteiger partial charge on any atom is -0.465 e. The number of nitrogens with one attached hydrogen (secondary N) is 1. The number of aliphatic hydroxyl groups excluding tert-OH is 1. The number of hydrogen-bond donors (Lipinski definition) is 2. The fraction of sp³-hybridized carbons (Fsp3) is 0.303. The second-order valence-electron chi connectivity index (χ2n) is 10.4. The van der Waals surface area contributed by atoms with Crippen molar-refractivity contribution in [2.45, 2.75) is 44.9 Å². The highest BCUT2D eigenvalue weighted by molar-refractivity contribution is 5.89. The van der Waals surface area contributed by atoms with Crippen molar-refractivity contribution in [3.8, 4) is 11.5 Å². The summed E-state index contributed by atoms with van der Waals surface area (Å²) in [6.07, 6.45) is -0.120. The van der Waals surface area contributed by atoms with E-state index in [2.05, 4.69) is 61.6 Å². The normalized spacial score (nSPS) is 13.2. The van der Waals surface area contributed by atoms with E-state index in [0.29, 0.717) is 23.6 Å². The number of aliphatic hydroxyl groups is 1. The molecule has 0 aliphatic heterocycles. The highest BCUT2D eigenvalue weighted by Crippen LogP contribution is 2.31. The largest absolute Gasteiger partial charge is 0.465 e. The SMILES string of the molecule is COC(=O)c1ccc(Oc2ccccc2C(C)OC[C@H](O)CNC(C)(C)Cc2ccc3ccccc3c2)cc1. The Labute approximate surface area is 230 Å². The molecule has 204 valence electrons. The number of rotatable bonds is 12. The molecule has 0 fully saturated rings. The van der Waals surface area contributed by atoms with Crippen LogP contribution in [0.5, 0.6) is 11.5 Å². The van der Waals surface area contributed by atoms with Crippen LogP contribution in [0.1, 0.15) is 48.4 Å². The third-order valence-corrected chi connectivity index (χ3v) is 6.67. The zero-order valence-corrected chi connectivity index (χ0v) is 23.0. The summed E-state index contributed by atoms with van der Waals surface area (Å²) in [6.45, 7) is 6.82. The molecule has 39 heavy (non-hydrogen) atoms. The molecule has 6 heteroatoms. The lowest BCUT2D eigenvalue weighted by atomic mass is 9.93. The number of hydrogen-bond acceptors (Lipinski definition) is 6. The van der Waals surface area contributed by atoms with Crippen molar-refractivity contribution in [2.75, 3.05) is 20.3 Å². The molecule has 0 amide bonds. The molecule has 0 aliphatic carbocycles. The van der Waals surface area contributed by atoms with Crippen molar-refractivity contribution < 1.29 is 24.1 Å². The summed E-state index contributed by atoms with van der Waals surface area (Å²) in [6, 6.07) is 29.3. The van der Waals surface area contributed by atoms with E-state index < -0.39 is 12.1 Å². The summed E-state index contributed by atoms with van der Waals surface area (Å²) in [7, 11) is 1.35. The van der Waals surface area contributed by atoms with E-state index in [1.165, 1.54) is 23.4 Å². The molecule has 4 aromatic carbocycles. The topological polar surface area (TPSA) is 77.0 Å². The fourth-order valence-electron chi connectivity index (χ4n) is 4.53. The summed E-state index contributed by atoms with van der Waals surface area (Å²) in [4.78, 5) is 11.7. The number of methoxy groups -OCH3 is 1. The summed E-state index contributed by atoms with van der Waals surface area (Å²) in [5.41, 5.74) is 2.38. The van der Waals surface area contributed by atoms with Crippen LogP contribution in [0.4, 0.5) is 0 Å². The van der Waals surface area contributed by atoms with Crippen LogP contribution in [0.2, 0.25) is 0 Å². The first kappa shape index (κ1) is 28.3. The lowest BCUT2D eigenvalue weighted by molar-refractivity contribution is -0.00481. The molecule has 2 N–H and O–H groups in total. The van der Waals surface area contributed by atoms with Gasteiger partial charge in [0.2, 0.25) is 0 Å². The van der Waals surface area contributed by atoms with Crippen molar-refractivity contribution >= 4 is 16.7 Å². The van der Waals surface area contributed by atoms with Gasteiger partial charge >= 0.3 is 5.97 Å². The monoisotopic (exact) mass is 527 g/mol. The van der Waals surface area contributed by atoms with Crippen molar-refractivity contribution in [1.82, 2.24) is 5.32 Å². The van der Waals surface area contributed by atoms with Crippen LogP contribution in [0.25, 0.3) is 10.8 Å². The predicted molar refractivity (Wildman–Crippen MR) is 154 cm³/mol. The Morgan fingerprint density at radius 3 is 2.36 bits per heavy atom. The van der Waals surface area contributed by atoms with E-state index in [1.807, 2.05) is 31.2 Å². The Balaban J connectivity index is 1.29. The Morgan fingerprint density at radius 2 is 1.62 bits per heavy atom. The van der Waals surface area contributed by atoms with Gasteiger partial charge in [0.15, 0.2) is 0 Å². The quantitative estimate of drug-likeness (QED) is 0.206. The van der Waals surface area contributed by atoms with Crippen LogP contribution in [0.3, 0.4) is 0 Å². The van der Waals surface area contributed by atoms with Gasteiger partial charge in [0.05, 0.1) is 31.5 Å². The van der Waals surface area contributed by atoms with Gasteiger partial charge in [0.25, 0.3) is 0 Å². The highest BCUT2D eigenvalue weighted by Gasteiger charge is 2.21. The molecule has 2 atom stereocenters. The van der Waals surface area contributed by atoms with Crippen molar-refractivity contribution in [1.29, 1.82) is 0 Å².